The molecule has 1 aliphatic heterocycles. The molecule has 0 bridgehead atoms. The van der Waals surface area contributed by atoms with E-state index in [9.17, 15) is 9.18 Å². The van der Waals surface area contributed by atoms with E-state index >= 15 is 0 Å². The predicted molar refractivity (Wildman–Crippen MR) is 72.9 cm³/mol. The summed E-state index contributed by atoms with van der Waals surface area (Å²) in [6.07, 6.45) is 0. The van der Waals surface area contributed by atoms with Gasteiger partial charge in [0.25, 0.3) is 0 Å². The van der Waals surface area contributed by atoms with Gasteiger partial charge in [0.2, 0.25) is 5.91 Å². The summed E-state index contributed by atoms with van der Waals surface area (Å²) in [4.78, 5) is 12.3. The summed E-state index contributed by atoms with van der Waals surface area (Å²) < 4.78 is 14.2. The molecule has 96 valence electrons. The van der Waals surface area contributed by atoms with Crippen LogP contribution >= 0.6 is 11.6 Å². The molecule has 0 saturated heterocycles. The van der Waals surface area contributed by atoms with E-state index < -0.39 is 11.2 Å². The first-order valence-electron chi connectivity index (χ1n) is 5.90. The lowest BCUT2D eigenvalue weighted by Crippen LogP contribution is -2.33. The van der Waals surface area contributed by atoms with Crippen LogP contribution in [0.4, 0.5) is 10.1 Å². The quantitative estimate of drug-likeness (QED) is 0.844. The van der Waals surface area contributed by atoms with E-state index in [1.165, 1.54) is 6.07 Å². The Balaban J connectivity index is 2.25. The number of nitrogens with one attached hydrogen (secondary N) is 1. The largest absolute Gasteiger partial charge is 0.325 e. The Kier molecular flexibility index (Phi) is 2.61. The molecule has 2 nitrogen and oxygen atoms in total. The summed E-state index contributed by atoms with van der Waals surface area (Å²) in [5, 5.41) is 3.11. The van der Waals surface area contributed by atoms with Crippen LogP contribution in [0.1, 0.15) is 18.1 Å². The number of benzene rings is 2. The summed E-state index contributed by atoms with van der Waals surface area (Å²) in [7, 11) is 0. The molecular weight excluding hydrogens is 265 g/mol. The molecule has 1 heterocycles. The minimum atomic E-state index is -1.02. The van der Waals surface area contributed by atoms with Crippen LogP contribution in [0.25, 0.3) is 0 Å². The van der Waals surface area contributed by atoms with Gasteiger partial charge in [-0.15, -0.1) is 0 Å². The van der Waals surface area contributed by atoms with Crippen LogP contribution in [0.3, 0.4) is 0 Å². The standard InChI is InChI=1S/C15H11ClFNO/c1-15(10-7-6-9(16)8-12(10)17)11-4-2-3-5-13(11)18-14(15)19/h2-8H,1H3,(H,18,19). The Morgan fingerprint density at radius 2 is 1.89 bits per heavy atom. The number of rotatable bonds is 1. The number of fused-ring (bicyclic) bond motifs is 1. The zero-order chi connectivity index (χ0) is 13.6. The molecule has 2 aromatic rings. The third kappa shape index (κ3) is 1.65. The number of hydrogen-bond donors (Lipinski definition) is 1. The van der Waals surface area contributed by atoms with Gasteiger partial charge in [0, 0.05) is 16.3 Å². The second-order valence-corrected chi connectivity index (χ2v) is 5.19. The van der Waals surface area contributed by atoms with Crippen molar-refractivity contribution in [2.24, 2.45) is 0 Å². The molecule has 0 aliphatic carbocycles. The van der Waals surface area contributed by atoms with E-state index in [0.29, 0.717) is 10.6 Å². The average Bonchev–Trinajstić information content (AvgIpc) is 2.63. The lowest BCUT2D eigenvalue weighted by Gasteiger charge is -2.23. The first kappa shape index (κ1) is 12.2. The van der Waals surface area contributed by atoms with Crippen LogP contribution in [0.15, 0.2) is 42.5 Å². The van der Waals surface area contributed by atoms with Crippen LogP contribution < -0.4 is 5.32 Å². The van der Waals surface area contributed by atoms with Crippen LogP contribution in [-0.4, -0.2) is 5.91 Å². The summed E-state index contributed by atoms with van der Waals surface area (Å²) in [5.74, 6) is -0.697. The van der Waals surface area contributed by atoms with Gasteiger partial charge in [-0.2, -0.15) is 0 Å². The van der Waals surface area contributed by atoms with E-state index in [4.69, 9.17) is 11.6 Å². The molecule has 19 heavy (non-hydrogen) atoms. The third-order valence-corrected chi connectivity index (χ3v) is 3.87. The number of hydrogen-bond acceptors (Lipinski definition) is 1. The van der Waals surface area contributed by atoms with Crippen LogP contribution in [-0.2, 0) is 10.2 Å². The number of amides is 1. The predicted octanol–water partition coefficient (Wildman–Crippen LogP) is 3.74. The molecule has 0 aromatic heterocycles. The monoisotopic (exact) mass is 275 g/mol. The van der Waals surface area contributed by atoms with Crippen molar-refractivity contribution < 1.29 is 9.18 Å². The van der Waals surface area contributed by atoms with Gasteiger partial charge in [0.15, 0.2) is 0 Å². The number of para-hydroxylation sites is 1. The molecule has 4 heteroatoms. The molecule has 0 fully saturated rings. The van der Waals surface area contributed by atoms with Crippen molar-refractivity contribution in [1.82, 2.24) is 0 Å². The molecule has 1 amide bonds. The SMILES string of the molecule is CC1(c2ccc(Cl)cc2F)C(=O)Nc2ccccc21. The van der Waals surface area contributed by atoms with Gasteiger partial charge in [-0.3, -0.25) is 4.79 Å². The highest BCUT2D eigenvalue weighted by Crippen LogP contribution is 2.43. The molecule has 1 aliphatic rings. The van der Waals surface area contributed by atoms with Gasteiger partial charge in [0.05, 0.1) is 0 Å². The molecule has 0 radical (unpaired) electrons. The van der Waals surface area contributed by atoms with E-state index in [2.05, 4.69) is 5.32 Å². The van der Waals surface area contributed by atoms with Gasteiger partial charge < -0.3 is 5.32 Å². The summed E-state index contributed by atoms with van der Waals surface area (Å²) in [5.41, 5.74) is 0.815. The molecular formula is C15H11ClFNO. The Morgan fingerprint density at radius 1 is 1.16 bits per heavy atom. The van der Waals surface area contributed by atoms with Crippen molar-refractivity contribution in [3.63, 3.8) is 0 Å². The van der Waals surface area contributed by atoms with Crippen LogP contribution in [0.2, 0.25) is 5.02 Å². The first-order valence-corrected chi connectivity index (χ1v) is 6.28. The van der Waals surface area contributed by atoms with Crippen molar-refractivity contribution >= 4 is 23.2 Å². The Bertz CT molecular complexity index is 686. The van der Waals surface area contributed by atoms with E-state index in [-0.39, 0.29) is 5.91 Å². The van der Waals surface area contributed by atoms with Crippen LogP contribution in [0.5, 0.6) is 0 Å². The fourth-order valence-corrected chi connectivity index (χ4v) is 2.72. The fourth-order valence-electron chi connectivity index (χ4n) is 2.56. The zero-order valence-corrected chi connectivity index (χ0v) is 11.0. The van der Waals surface area contributed by atoms with Gasteiger partial charge >= 0.3 is 0 Å². The highest BCUT2D eigenvalue weighted by Gasteiger charge is 2.45. The first-order chi connectivity index (χ1) is 9.03. The molecule has 1 atom stereocenters. The van der Waals surface area contributed by atoms with E-state index in [0.717, 1.165) is 11.3 Å². The maximum absolute atomic E-state index is 14.2. The highest BCUT2D eigenvalue weighted by molar-refractivity contribution is 6.30. The molecule has 3 rings (SSSR count). The Morgan fingerprint density at radius 3 is 2.63 bits per heavy atom. The minimum Gasteiger partial charge on any atom is -0.325 e. The highest BCUT2D eigenvalue weighted by atomic mass is 35.5. The zero-order valence-electron chi connectivity index (χ0n) is 10.2. The smallest absolute Gasteiger partial charge is 0.239 e. The molecule has 2 aromatic carbocycles. The lowest BCUT2D eigenvalue weighted by molar-refractivity contribution is -0.119. The molecule has 0 saturated carbocycles. The summed E-state index contributed by atoms with van der Waals surface area (Å²) in [6, 6.07) is 11.7. The van der Waals surface area contributed by atoms with Crippen LogP contribution in [0, 0.1) is 5.82 Å². The second-order valence-electron chi connectivity index (χ2n) is 4.75. The van der Waals surface area contributed by atoms with Crippen molar-refractivity contribution in [2.45, 2.75) is 12.3 Å². The minimum absolute atomic E-state index is 0.227. The Hall–Kier alpha value is -1.87. The van der Waals surface area contributed by atoms with Crippen molar-refractivity contribution in [2.75, 3.05) is 5.32 Å². The van der Waals surface area contributed by atoms with Crippen molar-refractivity contribution in [1.29, 1.82) is 0 Å². The number of anilines is 1. The van der Waals surface area contributed by atoms with Gasteiger partial charge in [-0.1, -0.05) is 35.9 Å². The average molecular weight is 276 g/mol. The van der Waals surface area contributed by atoms with Crippen molar-refractivity contribution in [3.8, 4) is 0 Å². The number of carbonyl (C=O) groups is 1. The fraction of sp³-hybridized carbons (Fsp3) is 0.133. The van der Waals surface area contributed by atoms with E-state index in [1.54, 1.807) is 19.1 Å². The van der Waals surface area contributed by atoms with Gasteiger partial charge in [0.1, 0.15) is 11.2 Å². The lowest BCUT2D eigenvalue weighted by atomic mass is 9.77. The van der Waals surface area contributed by atoms with E-state index in [1.807, 2.05) is 24.3 Å². The van der Waals surface area contributed by atoms with Crippen molar-refractivity contribution in [3.05, 3.63) is 64.4 Å². The topological polar surface area (TPSA) is 29.1 Å². The Labute approximate surface area is 115 Å². The third-order valence-electron chi connectivity index (χ3n) is 3.64. The summed E-state index contributed by atoms with van der Waals surface area (Å²) in [6.45, 7) is 1.72. The molecule has 1 unspecified atom stereocenters. The second kappa shape index (κ2) is 4.07. The summed E-state index contributed by atoms with van der Waals surface area (Å²) >= 11 is 5.77. The maximum atomic E-state index is 14.2. The van der Waals surface area contributed by atoms with Gasteiger partial charge in [-0.25, -0.2) is 4.39 Å². The maximum Gasteiger partial charge on any atom is 0.239 e. The number of carbonyl (C=O) groups excluding carboxylic acids is 1. The molecule has 1 N–H and O–H groups in total. The van der Waals surface area contributed by atoms with Gasteiger partial charge in [-0.05, 0) is 30.7 Å². The molecule has 0 spiro atoms. The normalized spacial score (nSPS) is 21.1. The number of halogens is 2.